The van der Waals surface area contributed by atoms with E-state index in [9.17, 15) is 4.79 Å². The number of nitrogens with one attached hydrogen (secondary N) is 1. The largest absolute Gasteiger partial charge is 0.478 e. The van der Waals surface area contributed by atoms with Crippen LogP contribution in [0.4, 0.5) is 5.69 Å². The minimum atomic E-state index is -0.973. The molecule has 1 saturated heterocycles. The molecule has 0 saturated carbocycles. The topological polar surface area (TPSA) is 71.5 Å². The Kier molecular flexibility index (Phi) is 5.11. The molecular weight excluding hydrogens is 304 g/mol. The van der Waals surface area contributed by atoms with E-state index in [1.54, 1.807) is 12.3 Å². The number of ether oxygens (including phenoxy) is 1. The molecule has 1 aromatic carbocycles. The van der Waals surface area contributed by atoms with E-state index in [1.165, 1.54) is 17.3 Å². The Morgan fingerprint density at radius 3 is 2.83 bits per heavy atom. The van der Waals surface area contributed by atoms with Crippen molar-refractivity contribution in [1.82, 2.24) is 4.98 Å². The smallest absolute Gasteiger partial charge is 0.337 e. The maximum absolute atomic E-state index is 11.0. The summed E-state index contributed by atoms with van der Waals surface area (Å²) in [6.07, 6.45) is 6.38. The fraction of sp³-hybridized carbons (Fsp3) is 0.368. The van der Waals surface area contributed by atoms with E-state index in [-0.39, 0.29) is 17.8 Å². The quantitative estimate of drug-likeness (QED) is 0.874. The summed E-state index contributed by atoms with van der Waals surface area (Å²) >= 11 is 0. The number of benzene rings is 1. The van der Waals surface area contributed by atoms with Gasteiger partial charge in [-0.3, -0.25) is 4.98 Å². The van der Waals surface area contributed by atoms with Crippen LogP contribution in [0.25, 0.3) is 0 Å². The van der Waals surface area contributed by atoms with Crippen LogP contribution in [0.2, 0.25) is 0 Å². The molecule has 1 aromatic heterocycles. The number of carboxylic acids is 1. The highest BCUT2D eigenvalue weighted by molar-refractivity contribution is 5.88. The number of rotatable bonds is 5. The Hall–Kier alpha value is -2.40. The number of pyridine rings is 1. The summed E-state index contributed by atoms with van der Waals surface area (Å²) in [5.74, 6) is -0.973. The zero-order valence-corrected chi connectivity index (χ0v) is 13.7. The highest BCUT2D eigenvalue weighted by atomic mass is 16.5. The highest BCUT2D eigenvalue weighted by Crippen LogP contribution is 2.31. The standard InChI is InChI=1S/C19H22N2O3/c1-13-5-7-14(8-6-13)18-4-2-3-17(24-18)12-21-16-9-15(19(22)23)10-20-11-16/h5-11,17-18,21H,2-4,12H2,1H3,(H,22,23). The van der Waals surface area contributed by atoms with Crippen molar-refractivity contribution in [3.63, 3.8) is 0 Å². The molecule has 1 aliphatic heterocycles. The lowest BCUT2D eigenvalue weighted by Gasteiger charge is -2.31. The molecule has 5 heteroatoms. The maximum Gasteiger partial charge on any atom is 0.337 e. The van der Waals surface area contributed by atoms with E-state index in [0.717, 1.165) is 19.3 Å². The first-order valence-corrected chi connectivity index (χ1v) is 8.26. The first-order chi connectivity index (χ1) is 11.6. The Morgan fingerprint density at radius 2 is 2.08 bits per heavy atom. The van der Waals surface area contributed by atoms with E-state index in [4.69, 9.17) is 9.84 Å². The lowest BCUT2D eigenvalue weighted by Crippen LogP contribution is -2.29. The second-order valence-electron chi connectivity index (χ2n) is 6.24. The normalized spacial score (nSPS) is 20.5. The summed E-state index contributed by atoms with van der Waals surface area (Å²) in [6.45, 7) is 2.73. The Labute approximate surface area is 141 Å². The minimum Gasteiger partial charge on any atom is -0.478 e. The molecule has 1 aliphatic rings. The van der Waals surface area contributed by atoms with Gasteiger partial charge in [-0.25, -0.2) is 4.79 Å². The maximum atomic E-state index is 11.0. The average Bonchev–Trinajstić information content (AvgIpc) is 2.61. The van der Waals surface area contributed by atoms with Gasteiger partial charge in [0.2, 0.25) is 0 Å². The molecule has 0 bridgehead atoms. The van der Waals surface area contributed by atoms with Crippen LogP contribution in [0.3, 0.4) is 0 Å². The van der Waals surface area contributed by atoms with Gasteiger partial charge in [0, 0.05) is 18.9 Å². The predicted molar refractivity (Wildman–Crippen MR) is 92.3 cm³/mol. The summed E-state index contributed by atoms with van der Waals surface area (Å²) in [6, 6.07) is 10.1. The summed E-state index contributed by atoms with van der Waals surface area (Å²) in [5.41, 5.74) is 3.36. The third-order valence-electron chi connectivity index (χ3n) is 4.32. The predicted octanol–water partition coefficient (Wildman–Crippen LogP) is 3.81. The van der Waals surface area contributed by atoms with Gasteiger partial charge in [-0.1, -0.05) is 29.8 Å². The van der Waals surface area contributed by atoms with Gasteiger partial charge in [-0.15, -0.1) is 0 Å². The van der Waals surface area contributed by atoms with Gasteiger partial charge in [0.25, 0.3) is 0 Å². The monoisotopic (exact) mass is 326 g/mol. The van der Waals surface area contributed by atoms with Crippen molar-refractivity contribution in [2.24, 2.45) is 0 Å². The van der Waals surface area contributed by atoms with Crippen LogP contribution in [0, 0.1) is 6.92 Å². The lowest BCUT2D eigenvalue weighted by molar-refractivity contribution is -0.0442. The SMILES string of the molecule is Cc1ccc(C2CCCC(CNc3cncc(C(=O)O)c3)O2)cc1. The number of carboxylic acid groups (broad SMARTS) is 1. The molecule has 2 N–H and O–H groups in total. The number of aromatic carboxylic acids is 1. The number of carbonyl (C=O) groups is 1. The van der Waals surface area contributed by atoms with Crippen molar-refractivity contribution in [2.45, 2.75) is 38.4 Å². The number of aromatic nitrogens is 1. The van der Waals surface area contributed by atoms with Crippen LogP contribution in [0.15, 0.2) is 42.7 Å². The van der Waals surface area contributed by atoms with Crippen LogP contribution in [-0.2, 0) is 4.74 Å². The van der Waals surface area contributed by atoms with Crippen molar-refractivity contribution >= 4 is 11.7 Å². The number of hydrogen-bond donors (Lipinski definition) is 2. The van der Waals surface area contributed by atoms with Gasteiger partial charge in [-0.05, 0) is 37.8 Å². The molecule has 3 rings (SSSR count). The van der Waals surface area contributed by atoms with Crippen LogP contribution >= 0.6 is 0 Å². The van der Waals surface area contributed by atoms with E-state index in [0.29, 0.717) is 12.2 Å². The van der Waals surface area contributed by atoms with Gasteiger partial charge in [0.1, 0.15) is 0 Å². The molecule has 5 nitrogen and oxygen atoms in total. The zero-order valence-electron chi connectivity index (χ0n) is 13.7. The van der Waals surface area contributed by atoms with Crippen molar-refractivity contribution in [3.05, 3.63) is 59.4 Å². The molecule has 2 atom stereocenters. The van der Waals surface area contributed by atoms with Crippen molar-refractivity contribution < 1.29 is 14.6 Å². The molecule has 2 aromatic rings. The third-order valence-corrected chi connectivity index (χ3v) is 4.32. The van der Waals surface area contributed by atoms with E-state index in [1.807, 2.05) is 0 Å². The van der Waals surface area contributed by atoms with Crippen molar-refractivity contribution in [1.29, 1.82) is 0 Å². The van der Waals surface area contributed by atoms with E-state index < -0.39 is 5.97 Å². The van der Waals surface area contributed by atoms with Gasteiger partial charge >= 0.3 is 5.97 Å². The van der Waals surface area contributed by atoms with E-state index in [2.05, 4.69) is 41.5 Å². The van der Waals surface area contributed by atoms with Crippen molar-refractivity contribution in [2.75, 3.05) is 11.9 Å². The first kappa shape index (κ1) is 16.5. The first-order valence-electron chi connectivity index (χ1n) is 8.26. The van der Waals surface area contributed by atoms with Gasteiger partial charge < -0.3 is 15.2 Å². The molecule has 0 amide bonds. The van der Waals surface area contributed by atoms with Gasteiger partial charge in [0.05, 0.1) is 23.5 Å². The molecule has 1 fully saturated rings. The van der Waals surface area contributed by atoms with Crippen LogP contribution in [-0.4, -0.2) is 28.7 Å². The Morgan fingerprint density at radius 1 is 1.29 bits per heavy atom. The number of nitrogens with zero attached hydrogens (tertiary/aromatic N) is 1. The fourth-order valence-electron chi connectivity index (χ4n) is 2.96. The van der Waals surface area contributed by atoms with Crippen molar-refractivity contribution in [3.8, 4) is 0 Å². The second kappa shape index (κ2) is 7.45. The Balaban J connectivity index is 1.58. The summed E-state index contributed by atoms with van der Waals surface area (Å²) in [5, 5.41) is 12.3. The third kappa shape index (κ3) is 4.11. The molecule has 126 valence electrons. The summed E-state index contributed by atoms with van der Waals surface area (Å²) in [7, 11) is 0. The highest BCUT2D eigenvalue weighted by Gasteiger charge is 2.23. The summed E-state index contributed by atoms with van der Waals surface area (Å²) < 4.78 is 6.21. The molecule has 2 unspecified atom stereocenters. The molecular formula is C19H22N2O3. The number of hydrogen-bond acceptors (Lipinski definition) is 4. The van der Waals surface area contributed by atoms with E-state index >= 15 is 0 Å². The second-order valence-corrected chi connectivity index (χ2v) is 6.24. The van der Waals surface area contributed by atoms with Gasteiger partial charge in [-0.2, -0.15) is 0 Å². The van der Waals surface area contributed by atoms with Crippen LogP contribution < -0.4 is 5.32 Å². The molecule has 24 heavy (non-hydrogen) atoms. The number of aryl methyl sites for hydroxylation is 1. The zero-order chi connectivity index (χ0) is 16.9. The molecule has 0 spiro atoms. The molecule has 0 aliphatic carbocycles. The Bertz CT molecular complexity index is 700. The molecule has 0 radical (unpaired) electrons. The fourth-order valence-corrected chi connectivity index (χ4v) is 2.96. The molecule has 2 heterocycles. The van der Waals surface area contributed by atoms with Crippen LogP contribution in [0.1, 0.15) is 46.9 Å². The lowest BCUT2D eigenvalue weighted by atomic mass is 9.97. The van der Waals surface area contributed by atoms with Gasteiger partial charge in [0.15, 0.2) is 0 Å². The summed E-state index contributed by atoms with van der Waals surface area (Å²) in [4.78, 5) is 14.9. The average molecular weight is 326 g/mol. The number of anilines is 1. The van der Waals surface area contributed by atoms with Crippen LogP contribution in [0.5, 0.6) is 0 Å². The minimum absolute atomic E-state index is 0.110.